The van der Waals surface area contributed by atoms with Gasteiger partial charge in [0.05, 0.1) is 4.34 Å². The lowest BCUT2D eigenvalue weighted by Gasteiger charge is -2.17. The quantitative estimate of drug-likeness (QED) is 0.784. The molecule has 1 atom stereocenters. The number of pyridine rings is 1. The molecule has 4 heteroatoms. The zero-order valence-electron chi connectivity index (χ0n) is 11.8. The van der Waals surface area contributed by atoms with Gasteiger partial charge in [0.2, 0.25) is 0 Å². The van der Waals surface area contributed by atoms with Crippen LogP contribution >= 0.6 is 22.9 Å². The van der Waals surface area contributed by atoms with Crippen molar-refractivity contribution >= 4 is 22.9 Å². The Balaban J connectivity index is 1.89. The molecule has 2 heterocycles. The summed E-state index contributed by atoms with van der Waals surface area (Å²) in [4.78, 5) is 5.75. The average molecular weight is 309 g/mol. The highest BCUT2D eigenvalue weighted by Gasteiger charge is 2.11. The maximum atomic E-state index is 6.01. The molecule has 0 bridgehead atoms. The Morgan fingerprint density at radius 1 is 1.30 bits per heavy atom. The van der Waals surface area contributed by atoms with Gasteiger partial charge in [-0.15, -0.1) is 11.3 Å². The van der Waals surface area contributed by atoms with Gasteiger partial charge in [0.15, 0.2) is 0 Å². The van der Waals surface area contributed by atoms with Crippen LogP contribution in [0.3, 0.4) is 0 Å². The molecule has 0 aliphatic heterocycles. The van der Waals surface area contributed by atoms with Crippen molar-refractivity contribution in [2.24, 2.45) is 0 Å². The zero-order chi connectivity index (χ0) is 14.2. The third-order valence-electron chi connectivity index (χ3n) is 3.23. The average Bonchev–Trinajstić information content (AvgIpc) is 2.88. The van der Waals surface area contributed by atoms with E-state index >= 15 is 0 Å². The molecule has 2 nitrogen and oxygen atoms in total. The Kier molecular flexibility index (Phi) is 6.51. The maximum Gasteiger partial charge on any atom is 0.0931 e. The van der Waals surface area contributed by atoms with Gasteiger partial charge >= 0.3 is 0 Å². The molecule has 0 saturated heterocycles. The smallest absolute Gasteiger partial charge is 0.0931 e. The molecule has 108 valence electrons. The van der Waals surface area contributed by atoms with Crippen LogP contribution in [0.15, 0.2) is 36.5 Å². The molecule has 0 aliphatic carbocycles. The van der Waals surface area contributed by atoms with E-state index in [4.69, 9.17) is 11.6 Å². The first-order chi connectivity index (χ1) is 9.78. The molecule has 0 spiro atoms. The number of thiophene rings is 1. The first kappa shape index (κ1) is 15.5. The van der Waals surface area contributed by atoms with Crippen LogP contribution < -0.4 is 5.32 Å². The molecule has 20 heavy (non-hydrogen) atoms. The number of halogens is 1. The summed E-state index contributed by atoms with van der Waals surface area (Å²) in [5, 5.41) is 3.63. The van der Waals surface area contributed by atoms with E-state index in [2.05, 4.69) is 35.4 Å². The van der Waals surface area contributed by atoms with Gasteiger partial charge < -0.3 is 5.32 Å². The Morgan fingerprint density at radius 3 is 2.85 bits per heavy atom. The first-order valence-corrected chi connectivity index (χ1v) is 8.35. The van der Waals surface area contributed by atoms with Crippen molar-refractivity contribution < 1.29 is 0 Å². The van der Waals surface area contributed by atoms with Crippen molar-refractivity contribution in [3.05, 3.63) is 51.4 Å². The zero-order valence-corrected chi connectivity index (χ0v) is 13.4. The highest BCUT2D eigenvalue weighted by atomic mass is 35.5. The molecule has 0 radical (unpaired) electrons. The summed E-state index contributed by atoms with van der Waals surface area (Å²) in [5.41, 5.74) is 1.17. The second kappa shape index (κ2) is 8.40. The number of nitrogens with zero attached hydrogens (tertiary/aromatic N) is 1. The van der Waals surface area contributed by atoms with Gasteiger partial charge in [-0.05, 0) is 56.5 Å². The van der Waals surface area contributed by atoms with E-state index < -0.39 is 0 Å². The lowest BCUT2D eigenvalue weighted by Crippen LogP contribution is -2.32. The summed E-state index contributed by atoms with van der Waals surface area (Å²) in [6.07, 6.45) is 6.19. The number of aromatic nitrogens is 1. The molecule has 2 rings (SSSR count). The van der Waals surface area contributed by atoms with Crippen LogP contribution in [0, 0.1) is 0 Å². The summed E-state index contributed by atoms with van der Waals surface area (Å²) < 4.78 is 0.874. The van der Waals surface area contributed by atoms with E-state index in [1.807, 2.05) is 18.3 Å². The van der Waals surface area contributed by atoms with Crippen LogP contribution in [-0.4, -0.2) is 17.6 Å². The number of nitrogens with one attached hydrogen (secondary N) is 1. The maximum absolute atomic E-state index is 6.01. The van der Waals surface area contributed by atoms with Gasteiger partial charge in [0.25, 0.3) is 0 Å². The van der Waals surface area contributed by atoms with Crippen molar-refractivity contribution in [2.45, 2.75) is 38.6 Å². The van der Waals surface area contributed by atoms with E-state index in [0.29, 0.717) is 6.04 Å². The van der Waals surface area contributed by atoms with Crippen LogP contribution in [-0.2, 0) is 12.8 Å². The minimum atomic E-state index is 0.492. The predicted molar refractivity (Wildman–Crippen MR) is 87.7 cm³/mol. The number of hydrogen-bond acceptors (Lipinski definition) is 3. The SMILES string of the molecule is CCCNC(CCc1ccccn1)Cc1ccc(Cl)s1. The molecule has 0 amide bonds. The monoisotopic (exact) mass is 308 g/mol. The normalized spacial score (nSPS) is 12.5. The largest absolute Gasteiger partial charge is 0.314 e. The Bertz CT molecular complexity index is 498. The van der Waals surface area contributed by atoms with Crippen LogP contribution in [0.5, 0.6) is 0 Å². The predicted octanol–water partition coefficient (Wildman–Crippen LogP) is 4.34. The molecule has 0 fully saturated rings. The van der Waals surface area contributed by atoms with Gasteiger partial charge in [0, 0.05) is 22.8 Å². The number of aryl methyl sites for hydroxylation is 1. The van der Waals surface area contributed by atoms with Crippen molar-refractivity contribution in [1.29, 1.82) is 0 Å². The van der Waals surface area contributed by atoms with Crippen molar-refractivity contribution in [3.63, 3.8) is 0 Å². The third kappa shape index (κ3) is 5.23. The third-order valence-corrected chi connectivity index (χ3v) is 4.49. The van der Waals surface area contributed by atoms with E-state index in [0.717, 1.165) is 36.6 Å². The van der Waals surface area contributed by atoms with Crippen molar-refractivity contribution in [2.75, 3.05) is 6.54 Å². The molecule has 2 aromatic heterocycles. The number of rotatable bonds is 8. The molecular weight excluding hydrogens is 288 g/mol. The highest BCUT2D eigenvalue weighted by Crippen LogP contribution is 2.23. The minimum absolute atomic E-state index is 0.492. The summed E-state index contributed by atoms with van der Waals surface area (Å²) in [5.74, 6) is 0. The highest BCUT2D eigenvalue weighted by molar-refractivity contribution is 7.16. The van der Waals surface area contributed by atoms with Crippen LogP contribution in [0.2, 0.25) is 4.34 Å². The molecular formula is C16H21ClN2S. The van der Waals surface area contributed by atoms with Crippen LogP contribution in [0.25, 0.3) is 0 Å². The summed E-state index contributed by atoms with van der Waals surface area (Å²) in [6, 6.07) is 10.7. The fourth-order valence-corrected chi connectivity index (χ4v) is 3.36. The van der Waals surface area contributed by atoms with Gasteiger partial charge in [-0.3, -0.25) is 4.98 Å². The van der Waals surface area contributed by atoms with E-state index in [9.17, 15) is 0 Å². The fourth-order valence-electron chi connectivity index (χ4n) is 2.20. The molecule has 0 aliphatic rings. The molecule has 1 N–H and O–H groups in total. The Morgan fingerprint density at radius 2 is 2.20 bits per heavy atom. The summed E-state index contributed by atoms with van der Waals surface area (Å²) >= 11 is 7.69. The molecule has 0 saturated carbocycles. The first-order valence-electron chi connectivity index (χ1n) is 7.15. The molecule has 1 unspecified atom stereocenters. The topological polar surface area (TPSA) is 24.9 Å². The summed E-state index contributed by atoms with van der Waals surface area (Å²) in [6.45, 7) is 3.26. The summed E-state index contributed by atoms with van der Waals surface area (Å²) in [7, 11) is 0. The lowest BCUT2D eigenvalue weighted by molar-refractivity contribution is 0.478. The van der Waals surface area contributed by atoms with E-state index in [1.165, 1.54) is 10.6 Å². The van der Waals surface area contributed by atoms with Gasteiger partial charge in [0.1, 0.15) is 0 Å². The van der Waals surface area contributed by atoms with Gasteiger partial charge in [-0.25, -0.2) is 0 Å². The van der Waals surface area contributed by atoms with Gasteiger partial charge in [-0.2, -0.15) is 0 Å². The second-order valence-corrected chi connectivity index (χ2v) is 6.72. The van der Waals surface area contributed by atoms with Crippen LogP contribution in [0.4, 0.5) is 0 Å². The van der Waals surface area contributed by atoms with Gasteiger partial charge in [-0.1, -0.05) is 24.6 Å². The second-order valence-electron chi connectivity index (χ2n) is 4.92. The van der Waals surface area contributed by atoms with Crippen molar-refractivity contribution in [1.82, 2.24) is 10.3 Å². The van der Waals surface area contributed by atoms with E-state index in [-0.39, 0.29) is 0 Å². The fraction of sp³-hybridized carbons (Fsp3) is 0.438. The molecule has 2 aromatic rings. The van der Waals surface area contributed by atoms with E-state index in [1.54, 1.807) is 11.3 Å². The van der Waals surface area contributed by atoms with Crippen LogP contribution in [0.1, 0.15) is 30.3 Å². The Hall–Kier alpha value is -0.900. The van der Waals surface area contributed by atoms with Crippen molar-refractivity contribution in [3.8, 4) is 0 Å². The lowest BCUT2D eigenvalue weighted by atomic mass is 10.0. The minimum Gasteiger partial charge on any atom is -0.314 e. The Labute approximate surface area is 130 Å². The molecule has 0 aromatic carbocycles. The standard InChI is InChI=1S/C16H21ClN2S/c1-2-10-18-14(12-15-8-9-16(17)20-15)7-6-13-5-3-4-11-19-13/h3-5,8-9,11,14,18H,2,6-7,10,12H2,1H3. The number of hydrogen-bond donors (Lipinski definition) is 1.